The Kier molecular flexibility index (Phi) is 2.28. The Morgan fingerprint density at radius 3 is 2.75 bits per heavy atom. The van der Waals surface area contributed by atoms with E-state index in [0.29, 0.717) is 0 Å². The summed E-state index contributed by atoms with van der Waals surface area (Å²) in [5.41, 5.74) is 0. The monoisotopic (exact) mass is 180 g/mol. The quantitative estimate of drug-likeness (QED) is 0.564. The lowest BCUT2D eigenvalue weighted by Crippen LogP contribution is -2.11. The summed E-state index contributed by atoms with van der Waals surface area (Å²) in [5, 5.41) is 0.872. The van der Waals surface area contributed by atoms with Gasteiger partial charge < -0.3 is 9.47 Å². The number of rotatable bonds is 1. The number of hydrogen-bond donors (Lipinski definition) is 0. The van der Waals surface area contributed by atoms with Crippen molar-refractivity contribution in [2.75, 3.05) is 11.9 Å². The van der Waals surface area contributed by atoms with Crippen LogP contribution < -0.4 is 0 Å². The fraction of sp³-hybridized carbons (Fsp3) is 1.00. The van der Waals surface area contributed by atoms with E-state index in [0.717, 1.165) is 11.9 Å². The van der Waals surface area contributed by atoms with Gasteiger partial charge in [-0.25, -0.2) is 0 Å². The molecule has 0 saturated carbocycles. The molecule has 2 atom stereocenters. The van der Waals surface area contributed by atoms with Crippen molar-refractivity contribution in [2.45, 2.75) is 19.3 Å². The smallest absolute Gasteiger partial charge is 0.155 e. The summed E-state index contributed by atoms with van der Waals surface area (Å²) < 4.78 is 10.3. The highest BCUT2D eigenvalue weighted by Gasteiger charge is 2.20. The van der Waals surface area contributed by atoms with Crippen molar-refractivity contribution >= 4 is 15.9 Å². The summed E-state index contributed by atoms with van der Waals surface area (Å²) in [6.07, 6.45) is 0.266. The van der Waals surface area contributed by atoms with Crippen LogP contribution in [0.4, 0.5) is 0 Å². The molecule has 1 heterocycles. The first-order valence-electron chi connectivity index (χ1n) is 2.66. The number of hydrogen-bond acceptors (Lipinski definition) is 2. The maximum Gasteiger partial charge on any atom is 0.155 e. The van der Waals surface area contributed by atoms with Crippen LogP contribution in [-0.4, -0.2) is 24.3 Å². The normalized spacial score (nSPS) is 38.2. The van der Waals surface area contributed by atoms with E-state index >= 15 is 0 Å². The molecule has 0 unspecified atom stereocenters. The predicted octanol–water partition coefficient (Wildman–Crippen LogP) is 1.14. The van der Waals surface area contributed by atoms with E-state index in [1.54, 1.807) is 0 Å². The van der Waals surface area contributed by atoms with E-state index in [9.17, 15) is 0 Å². The molecular formula is C5H9BrO2. The Morgan fingerprint density at radius 2 is 2.50 bits per heavy atom. The van der Waals surface area contributed by atoms with E-state index in [1.807, 2.05) is 6.92 Å². The van der Waals surface area contributed by atoms with E-state index in [4.69, 9.17) is 9.47 Å². The molecule has 0 spiro atoms. The molecular weight excluding hydrogens is 172 g/mol. The third-order valence-corrected chi connectivity index (χ3v) is 1.80. The summed E-state index contributed by atoms with van der Waals surface area (Å²) in [6.45, 7) is 2.63. The van der Waals surface area contributed by atoms with Crippen molar-refractivity contribution in [3.05, 3.63) is 0 Å². The van der Waals surface area contributed by atoms with Crippen LogP contribution in [0.2, 0.25) is 0 Å². The molecule has 0 aromatic rings. The third kappa shape index (κ3) is 1.44. The Labute approximate surface area is 57.3 Å². The fourth-order valence-electron chi connectivity index (χ4n) is 0.673. The molecule has 1 aliphatic rings. The standard InChI is InChI=1S/C5H9BrO2/c1-4-7-3-5(2-6)8-4/h4-5H,2-3H2,1H3/t4-,5+/m1/s1. The highest BCUT2D eigenvalue weighted by molar-refractivity contribution is 9.09. The second-order valence-electron chi connectivity index (χ2n) is 1.81. The van der Waals surface area contributed by atoms with Crippen LogP contribution in [0.5, 0.6) is 0 Å². The van der Waals surface area contributed by atoms with Gasteiger partial charge >= 0.3 is 0 Å². The molecule has 0 aromatic heterocycles. The van der Waals surface area contributed by atoms with Crippen molar-refractivity contribution in [2.24, 2.45) is 0 Å². The highest BCUT2D eigenvalue weighted by atomic mass is 79.9. The Hall–Kier alpha value is 0.400. The van der Waals surface area contributed by atoms with Gasteiger partial charge in [0.15, 0.2) is 6.29 Å². The van der Waals surface area contributed by atoms with Gasteiger partial charge in [-0.2, -0.15) is 0 Å². The minimum Gasteiger partial charge on any atom is -0.350 e. The largest absolute Gasteiger partial charge is 0.350 e. The lowest BCUT2D eigenvalue weighted by molar-refractivity contribution is -0.0380. The van der Waals surface area contributed by atoms with Crippen LogP contribution in [0.25, 0.3) is 0 Å². The molecule has 1 fully saturated rings. The number of ether oxygens (including phenoxy) is 2. The number of alkyl halides is 1. The Balaban J connectivity index is 2.22. The average Bonchev–Trinajstić information content (AvgIpc) is 2.14. The highest BCUT2D eigenvalue weighted by Crippen LogP contribution is 2.11. The molecule has 0 radical (unpaired) electrons. The van der Waals surface area contributed by atoms with Crippen LogP contribution in [0, 0.1) is 0 Å². The molecule has 8 heavy (non-hydrogen) atoms. The SMILES string of the molecule is C[C@@H]1OC[C@H](CBr)O1. The first-order chi connectivity index (χ1) is 3.83. The van der Waals surface area contributed by atoms with Gasteiger partial charge in [0.25, 0.3) is 0 Å². The fourth-order valence-corrected chi connectivity index (χ4v) is 1.01. The lowest BCUT2D eigenvalue weighted by atomic mass is 10.5. The van der Waals surface area contributed by atoms with Gasteiger partial charge in [0, 0.05) is 5.33 Å². The van der Waals surface area contributed by atoms with Crippen molar-refractivity contribution in [3.63, 3.8) is 0 Å². The van der Waals surface area contributed by atoms with Gasteiger partial charge in [0.05, 0.1) is 12.7 Å². The van der Waals surface area contributed by atoms with E-state index in [2.05, 4.69) is 15.9 Å². The molecule has 0 aliphatic carbocycles. The molecule has 1 rings (SSSR count). The molecule has 2 nitrogen and oxygen atoms in total. The molecule has 0 aromatic carbocycles. The van der Waals surface area contributed by atoms with E-state index < -0.39 is 0 Å². The van der Waals surface area contributed by atoms with Gasteiger partial charge in [-0.3, -0.25) is 0 Å². The van der Waals surface area contributed by atoms with Crippen molar-refractivity contribution in [1.29, 1.82) is 0 Å². The molecule has 3 heteroatoms. The van der Waals surface area contributed by atoms with Gasteiger partial charge in [-0.1, -0.05) is 15.9 Å². The van der Waals surface area contributed by atoms with Crippen LogP contribution in [-0.2, 0) is 9.47 Å². The molecule has 1 saturated heterocycles. The summed E-state index contributed by atoms with van der Waals surface area (Å²) in [4.78, 5) is 0. The Morgan fingerprint density at radius 1 is 1.75 bits per heavy atom. The lowest BCUT2D eigenvalue weighted by Gasteiger charge is -2.01. The zero-order chi connectivity index (χ0) is 5.98. The summed E-state index contributed by atoms with van der Waals surface area (Å²) in [6, 6.07) is 0. The van der Waals surface area contributed by atoms with Crippen molar-refractivity contribution in [1.82, 2.24) is 0 Å². The molecule has 0 N–H and O–H groups in total. The second kappa shape index (κ2) is 2.80. The van der Waals surface area contributed by atoms with Crippen molar-refractivity contribution in [3.8, 4) is 0 Å². The summed E-state index contributed by atoms with van der Waals surface area (Å²) in [7, 11) is 0. The van der Waals surface area contributed by atoms with E-state index in [1.165, 1.54) is 0 Å². The Bertz CT molecular complexity index is 76.8. The molecule has 0 amide bonds. The van der Waals surface area contributed by atoms with Gasteiger partial charge in [-0.15, -0.1) is 0 Å². The zero-order valence-electron chi connectivity index (χ0n) is 4.76. The molecule has 48 valence electrons. The average molecular weight is 181 g/mol. The maximum atomic E-state index is 5.24. The topological polar surface area (TPSA) is 18.5 Å². The molecule has 1 aliphatic heterocycles. The van der Waals surface area contributed by atoms with Crippen molar-refractivity contribution < 1.29 is 9.47 Å². The molecule has 0 bridgehead atoms. The zero-order valence-corrected chi connectivity index (χ0v) is 6.35. The first kappa shape index (κ1) is 6.52. The summed E-state index contributed by atoms with van der Waals surface area (Å²) >= 11 is 3.30. The minimum absolute atomic E-state index is 0.00227. The van der Waals surface area contributed by atoms with Crippen LogP contribution in [0.15, 0.2) is 0 Å². The van der Waals surface area contributed by atoms with E-state index in [-0.39, 0.29) is 12.4 Å². The maximum absolute atomic E-state index is 5.24. The summed E-state index contributed by atoms with van der Waals surface area (Å²) in [5.74, 6) is 0. The third-order valence-electron chi connectivity index (χ3n) is 1.07. The second-order valence-corrected chi connectivity index (χ2v) is 2.46. The minimum atomic E-state index is -0.00227. The predicted molar refractivity (Wildman–Crippen MR) is 34.1 cm³/mol. The van der Waals surface area contributed by atoms with Gasteiger partial charge in [-0.05, 0) is 6.92 Å². The van der Waals surface area contributed by atoms with Crippen LogP contribution in [0.1, 0.15) is 6.92 Å². The van der Waals surface area contributed by atoms with Gasteiger partial charge in [0.1, 0.15) is 0 Å². The van der Waals surface area contributed by atoms with Gasteiger partial charge in [0.2, 0.25) is 0 Å². The first-order valence-corrected chi connectivity index (χ1v) is 3.78. The van der Waals surface area contributed by atoms with Crippen LogP contribution in [0.3, 0.4) is 0 Å². The number of halogens is 1. The van der Waals surface area contributed by atoms with Crippen LogP contribution >= 0.6 is 15.9 Å².